The summed E-state index contributed by atoms with van der Waals surface area (Å²) in [6, 6.07) is 9.36. The summed E-state index contributed by atoms with van der Waals surface area (Å²) in [4.78, 5) is 16.5. The van der Waals surface area contributed by atoms with Gasteiger partial charge in [-0.2, -0.15) is 5.26 Å². The van der Waals surface area contributed by atoms with Crippen LogP contribution >= 0.6 is 0 Å². The molecule has 120 valence electrons. The molecule has 0 spiro atoms. The summed E-state index contributed by atoms with van der Waals surface area (Å²) >= 11 is 0. The van der Waals surface area contributed by atoms with Gasteiger partial charge < -0.3 is 14.3 Å². The summed E-state index contributed by atoms with van der Waals surface area (Å²) in [6.45, 7) is 0.948. The van der Waals surface area contributed by atoms with E-state index in [-0.39, 0.29) is 23.3 Å². The lowest BCUT2D eigenvalue weighted by molar-refractivity contribution is 0.133. The SMILES string of the molecule is N#Cc1cccc(C2c3c(O)coc(=O)c3N=C3COCCC32)c1. The Morgan fingerprint density at radius 2 is 2.25 bits per heavy atom. The van der Waals surface area contributed by atoms with Gasteiger partial charge >= 0.3 is 5.63 Å². The maximum absolute atomic E-state index is 12.1. The minimum Gasteiger partial charge on any atom is -0.504 e. The first-order chi connectivity index (χ1) is 11.7. The number of aliphatic imine (C=N–C) groups is 1. The predicted octanol–water partition coefficient (Wildman–Crippen LogP) is 2.47. The number of hydrogen-bond donors (Lipinski definition) is 1. The lowest BCUT2D eigenvalue weighted by atomic mass is 9.73. The van der Waals surface area contributed by atoms with E-state index in [0.717, 1.165) is 24.0 Å². The lowest BCUT2D eigenvalue weighted by Gasteiger charge is -2.36. The molecule has 0 radical (unpaired) electrons. The van der Waals surface area contributed by atoms with Crippen LogP contribution < -0.4 is 5.63 Å². The number of ether oxygens (including phenoxy) is 1. The van der Waals surface area contributed by atoms with E-state index in [9.17, 15) is 15.2 Å². The van der Waals surface area contributed by atoms with E-state index in [2.05, 4.69) is 11.1 Å². The second kappa shape index (κ2) is 5.62. The van der Waals surface area contributed by atoms with Crippen molar-refractivity contribution in [1.29, 1.82) is 5.26 Å². The molecule has 0 amide bonds. The number of nitriles is 1. The van der Waals surface area contributed by atoms with Crippen molar-refractivity contribution in [2.75, 3.05) is 13.2 Å². The zero-order valence-corrected chi connectivity index (χ0v) is 12.7. The van der Waals surface area contributed by atoms with Crippen LogP contribution in [0.2, 0.25) is 0 Å². The zero-order chi connectivity index (χ0) is 16.7. The van der Waals surface area contributed by atoms with Crippen LogP contribution in [-0.2, 0) is 4.74 Å². The molecule has 2 aliphatic rings. The van der Waals surface area contributed by atoms with Crippen molar-refractivity contribution in [3.05, 3.63) is 57.6 Å². The molecule has 0 aliphatic carbocycles. The third-order valence-corrected chi connectivity index (χ3v) is 4.60. The summed E-state index contributed by atoms with van der Waals surface area (Å²) in [5.41, 5.74) is 2.19. The highest BCUT2D eigenvalue weighted by Gasteiger charge is 2.39. The number of nitrogens with zero attached hydrogens (tertiary/aromatic N) is 2. The van der Waals surface area contributed by atoms with Gasteiger partial charge in [-0.15, -0.1) is 0 Å². The van der Waals surface area contributed by atoms with E-state index in [0.29, 0.717) is 24.3 Å². The minimum absolute atomic E-state index is 0.0212. The Balaban J connectivity index is 1.98. The molecule has 0 bridgehead atoms. The molecule has 2 unspecified atom stereocenters. The summed E-state index contributed by atoms with van der Waals surface area (Å²) < 4.78 is 10.3. The van der Waals surface area contributed by atoms with Crippen LogP contribution in [0.5, 0.6) is 5.75 Å². The van der Waals surface area contributed by atoms with Crippen LogP contribution in [0, 0.1) is 17.2 Å². The van der Waals surface area contributed by atoms with Gasteiger partial charge in [-0.3, -0.25) is 0 Å². The highest BCUT2D eigenvalue weighted by Crippen LogP contribution is 2.47. The van der Waals surface area contributed by atoms with Crippen LogP contribution in [0.4, 0.5) is 5.69 Å². The first-order valence-electron chi connectivity index (χ1n) is 7.69. The molecule has 1 aromatic carbocycles. The molecule has 2 aromatic rings. The van der Waals surface area contributed by atoms with Crippen LogP contribution in [0.1, 0.15) is 29.0 Å². The monoisotopic (exact) mass is 322 g/mol. The molecule has 6 nitrogen and oxygen atoms in total. The molecule has 1 saturated heterocycles. The van der Waals surface area contributed by atoms with Crippen molar-refractivity contribution < 1.29 is 14.3 Å². The highest BCUT2D eigenvalue weighted by atomic mass is 16.5. The van der Waals surface area contributed by atoms with E-state index in [1.54, 1.807) is 18.2 Å². The Labute approximate surface area is 137 Å². The largest absolute Gasteiger partial charge is 0.504 e. The first kappa shape index (κ1) is 14.7. The average molecular weight is 322 g/mol. The Hall–Kier alpha value is -2.91. The van der Waals surface area contributed by atoms with Gasteiger partial charge in [0.25, 0.3) is 0 Å². The maximum Gasteiger partial charge on any atom is 0.362 e. The Bertz CT molecular complexity index is 939. The van der Waals surface area contributed by atoms with Crippen molar-refractivity contribution in [2.45, 2.75) is 12.3 Å². The normalized spacial score (nSPS) is 22.0. The Morgan fingerprint density at radius 1 is 1.38 bits per heavy atom. The maximum atomic E-state index is 12.1. The first-order valence-corrected chi connectivity index (χ1v) is 7.69. The van der Waals surface area contributed by atoms with Gasteiger partial charge in [0.1, 0.15) is 6.26 Å². The smallest absolute Gasteiger partial charge is 0.362 e. The quantitative estimate of drug-likeness (QED) is 0.870. The number of benzene rings is 1. The van der Waals surface area contributed by atoms with Crippen LogP contribution in [-0.4, -0.2) is 24.0 Å². The number of hydrogen-bond acceptors (Lipinski definition) is 6. The molecule has 24 heavy (non-hydrogen) atoms. The molecule has 4 rings (SSSR count). The number of rotatable bonds is 1. The van der Waals surface area contributed by atoms with Crippen LogP contribution in [0.15, 0.2) is 44.7 Å². The second-order valence-electron chi connectivity index (χ2n) is 5.94. The van der Waals surface area contributed by atoms with Crippen molar-refractivity contribution in [3.8, 4) is 11.8 Å². The van der Waals surface area contributed by atoms with Crippen LogP contribution in [0.25, 0.3) is 0 Å². The average Bonchev–Trinajstić information content (AvgIpc) is 2.63. The topological polar surface area (TPSA) is 95.8 Å². The summed E-state index contributed by atoms with van der Waals surface area (Å²) in [6.07, 6.45) is 1.79. The number of aromatic hydroxyl groups is 1. The second-order valence-corrected chi connectivity index (χ2v) is 5.94. The molecule has 3 heterocycles. The molecule has 6 heteroatoms. The van der Waals surface area contributed by atoms with Gasteiger partial charge in [-0.05, 0) is 24.1 Å². The van der Waals surface area contributed by atoms with Gasteiger partial charge in [-0.1, -0.05) is 12.1 Å². The highest BCUT2D eigenvalue weighted by molar-refractivity contribution is 5.94. The summed E-state index contributed by atoms with van der Waals surface area (Å²) in [5.74, 6) is -0.326. The van der Waals surface area contributed by atoms with Gasteiger partial charge in [0.15, 0.2) is 11.4 Å². The molecule has 1 aromatic heterocycles. The minimum atomic E-state index is -0.583. The van der Waals surface area contributed by atoms with E-state index in [1.807, 2.05) is 6.07 Å². The van der Waals surface area contributed by atoms with Crippen LogP contribution in [0.3, 0.4) is 0 Å². The van der Waals surface area contributed by atoms with E-state index >= 15 is 0 Å². The van der Waals surface area contributed by atoms with Crippen molar-refractivity contribution >= 4 is 11.4 Å². The fourth-order valence-electron chi connectivity index (χ4n) is 3.55. The van der Waals surface area contributed by atoms with Crippen molar-refractivity contribution in [3.63, 3.8) is 0 Å². The summed E-state index contributed by atoms with van der Waals surface area (Å²) in [5, 5.41) is 19.5. The third-order valence-electron chi connectivity index (χ3n) is 4.60. The Kier molecular flexibility index (Phi) is 3.44. The predicted molar refractivity (Wildman–Crippen MR) is 85.7 cm³/mol. The molecular weight excluding hydrogens is 308 g/mol. The van der Waals surface area contributed by atoms with Gasteiger partial charge in [0, 0.05) is 29.7 Å². The lowest BCUT2D eigenvalue weighted by Crippen LogP contribution is -2.35. The van der Waals surface area contributed by atoms with Gasteiger partial charge in [0.05, 0.1) is 18.2 Å². The molecule has 1 N–H and O–H groups in total. The Morgan fingerprint density at radius 3 is 3.08 bits per heavy atom. The standard InChI is InChI=1S/C18H14N2O4/c19-7-10-2-1-3-11(6-10)15-12-4-5-23-8-13(12)20-17-16(15)14(21)9-24-18(17)22/h1-3,6,9,12,15,21H,4-5,8H2. The zero-order valence-electron chi connectivity index (χ0n) is 12.7. The fourth-order valence-corrected chi connectivity index (χ4v) is 3.55. The molecule has 1 fully saturated rings. The molecule has 2 atom stereocenters. The van der Waals surface area contributed by atoms with Crippen molar-refractivity contribution in [1.82, 2.24) is 0 Å². The van der Waals surface area contributed by atoms with E-state index < -0.39 is 5.63 Å². The molecular formula is C18H14N2O4. The fraction of sp³-hybridized carbons (Fsp3) is 0.278. The third kappa shape index (κ3) is 2.22. The molecule has 0 saturated carbocycles. The van der Waals surface area contributed by atoms with E-state index in [4.69, 9.17) is 9.15 Å². The van der Waals surface area contributed by atoms with Gasteiger partial charge in [0.2, 0.25) is 0 Å². The molecule has 2 aliphatic heterocycles. The van der Waals surface area contributed by atoms with Gasteiger partial charge in [-0.25, -0.2) is 9.79 Å². The number of fused-ring (bicyclic) bond motifs is 2. The van der Waals surface area contributed by atoms with E-state index in [1.165, 1.54) is 0 Å². The summed E-state index contributed by atoms with van der Waals surface area (Å²) in [7, 11) is 0. The van der Waals surface area contributed by atoms with Crippen molar-refractivity contribution in [2.24, 2.45) is 10.9 Å².